The van der Waals surface area contributed by atoms with E-state index in [2.05, 4.69) is 59.6 Å². The van der Waals surface area contributed by atoms with Crippen LogP contribution < -0.4 is 10.2 Å². The Morgan fingerprint density at radius 1 is 1.23 bits per heavy atom. The topological polar surface area (TPSA) is 58.1 Å². The number of carbonyl (C=O) groups excluding carboxylic acids is 1. The number of hydrogen-bond donors (Lipinski definition) is 1. The van der Waals surface area contributed by atoms with E-state index in [9.17, 15) is 4.79 Å². The molecule has 0 saturated heterocycles. The molecule has 1 amide bonds. The molecule has 0 aliphatic heterocycles. The highest BCUT2D eigenvalue weighted by molar-refractivity contribution is 7.09. The number of aromatic nitrogens is 2. The van der Waals surface area contributed by atoms with Crippen LogP contribution in [-0.4, -0.2) is 33.9 Å². The van der Waals surface area contributed by atoms with E-state index in [1.807, 2.05) is 13.8 Å². The number of amides is 1. The summed E-state index contributed by atoms with van der Waals surface area (Å²) in [5, 5.41) is 3.85. The molecule has 26 heavy (non-hydrogen) atoms. The first-order valence-corrected chi connectivity index (χ1v) is 10.1. The van der Waals surface area contributed by atoms with Crippen LogP contribution in [0.3, 0.4) is 0 Å². The summed E-state index contributed by atoms with van der Waals surface area (Å²) < 4.78 is 4.54. The summed E-state index contributed by atoms with van der Waals surface area (Å²) in [4.78, 5) is 18.9. The van der Waals surface area contributed by atoms with Gasteiger partial charge in [-0.05, 0) is 39.7 Å². The van der Waals surface area contributed by atoms with E-state index in [4.69, 9.17) is 4.98 Å². The molecule has 1 N–H and O–H groups in total. The molecule has 1 heterocycles. The minimum Gasteiger partial charge on any atom is -0.354 e. The van der Waals surface area contributed by atoms with Crippen molar-refractivity contribution in [1.29, 1.82) is 0 Å². The third kappa shape index (κ3) is 6.09. The maximum absolute atomic E-state index is 12.0. The van der Waals surface area contributed by atoms with Crippen molar-refractivity contribution in [3.8, 4) is 0 Å². The Morgan fingerprint density at radius 2 is 1.92 bits per heavy atom. The average Bonchev–Trinajstić information content (AvgIpc) is 3.04. The summed E-state index contributed by atoms with van der Waals surface area (Å²) >= 11 is 1.42. The number of hydrogen-bond acceptors (Lipinski definition) is 5. The molecule has 0 spiro atoms. The lowest BCUT2D eigenvalue weighted by atomic mass is 10.1. The van der Waals surface area contributed by atoms with Crippen LogP contribution in [0.15, 0.2) is 24.3 Å². The Balaban J connectivity index is 2.04. The summed E-state index contributed by atoms with van der Waals surface area (Å²) in [6, 6.07) is 8.96. The zero-order valence-electron chi connectivity index (χ0n) is 16.5. The van der Waals surface area contributed by atoms with Crippen LogP contribution >= 0.6 is 11.5 Å². The molecule has 2 rings (SSSR count). The van der Waals surface area contributed by atoms with Crippen LogP contribution in [0.5, 0.6) is 0 Å². The number of carbonyl (C=O) groups is 1. The summed E-state index contributed by atoms with van der Waals surface area (Å²) in [7, 11) is 0. The number of benzene rings is 1. The van der Waals surface area contributed by atoms with Crippen molar-refractivity contribution < 1.29 is 4.79 Å². The molecule has 142 valence electrons. The van der Waals surface area contributed by atoms with Crippen molar-refractivity contribution in [2.24, 2.45) is 0 Å². The van der Waals surface area contributed by atoms with Gasteiger partial charge in [-0.1, -0.05) is 36.8 Å². The minimum atomic E-state index is 0.0812. The van der Waals surface area contributed by atoms with E-state index < -0.39 is 0 Å². The van der Waals surface area contributed by atoms with Crippen molar-refractivity contribution in [2.45, 2.75) is 66.0 Å². The zero-order chi connectivity index (χ0) is 19.1. The van der Waals surface area contributed by atoms with Crippen LogP contribution in [-0.2, 0) is 11.2 Å². The first-order valence-electron chi connectivity index (χ1n) is 9.33. The van der Waals surface area contributed by atoms with Gasteiger partial charge in [0, 0.05) is 43.0 Å². The Hall–Kier alpha value is -1.95. The largest absolute Gasteiger partial charge is 0.354 e. The molecule has 1 unspecified atom stereocenters. The van der Waals surface area contributed by atoms with E-state index in [-0.39, 0.29) is 11.9 Å². The van der Waals surface area contributed by atoms with Gasteiger partial charge >= 0.3 is 0 Å². The molecule has 0 aliphatic carbocycles. The van der Waals surface area contributed by atoms with Crippen LogP contribution in [0.1, 0.15) is 57.5 Å². The first-order chi connectivity index (χ1) is 12.4. The predicted molar refractivity (Wildman–Crippen MR) is 109 cm³/mol. The van der Waals surface area contributed by atoms with Gasteiger partial charge in [-0.15, -0.1) is 0 Å². The van der Waals surface area contributed by atoms with E-state index in [0.29, 0.717) is 19.0 Å². The number of rotatable bonds is 9. The third-order valence-corrected chi connectivity index (χ3v) is 5.13. The highest BCUT2D eigenvalue weighted by atomic mass is 32.1. The highest BCUT2D eigenvalue weighted by Crippen LogP contribution is 2.22. The molecule has 1 atom stereocenters. The van der Waals surface area contributed by atoms with Gasteiger partial charge in [0.15, 0.2) is 0 Å². The van der Waals surface area contributed by atoms with Gasteiger partial charge in [-0.3, -0.25) is 4.79 Å². The van der Waals surface area contributed by atoms with Gasteiger partial charge in [-0.25, -0.2) is 4.98 Å². The molecule has 0 fully saturated rings. The van der Waals surface area contributed by atoms with Gasteiger partial charge in [0.1, 0.15) is 5.82 Å². The molecule has 0 bridgehead atoms. The van der Waals surface area contributed by atoms with Gasteiger partial charge in [0.25, 0.3) is 0 Å². The zero-order valence-corrected chi connectivity index (χ0v) is 17.3. The second-order valence-corrected chi connectivity index (χ2v) is 7.81. The van der Waals surface area contributed by atoms with Crippen molar-refractivity contribution in [3.63, 3.8) is 0 Å². The molecule has 0 saturated carbocycles. The number of nitrogens with one attached hydrogen (secondary N) is 1. The van der Waals surface area contributed by atoms with E-state index in [1.54, 1.807) is 0 Å². The van der Waals surface area contributed by atoms with E-state index >= 15 is 0 Å². The lowest BCUT2D eigenvalue weighted by Gasteiger charge is -2.27. The van der Waals surface area contributed by atoms with Crippen LogP contribution in [0.4, 0.5) is 5.13 Å². The predicted octanol–water partition coefficient (Wildman–Crippen LogP) is 3.96. The molecule has 1 aromatic heterocycles. The fraction of sp³-hybridized carbons (Fsp3) is 0.550. The van der Waals surface area contributed by atoms with Crippen molar-refractivity contribution in [2.75, 3.05) is 11.4 Å². The minimum absolute atomic E-state index is 0.0812. The van der Waals surface area contributed by atoms with Gasteiger partial charge in [-0.2, -0.15) is 4.37 Å². The molecule has 5 nitrogen and oxygen atoms in total. The fourth-order valence-electron chi connectivity index (χ4n) is 2.66. The molecular formula is C20H30N4OS. The summed E-state index contributed by atoms with van der Waals surface area (Å²) in [5.74, 6) is 0.923. The van der Waals surface area contributed by atoms with Gasteiger partial charge < -0.3 is 10.2 Å². The molecule has 6 heteroatoms. The average molecular weight is 375 g/mol. The number of aryl methyl sites for hydroxylation is 1. The lowest BCUT2D eigenvalue weighted by molar-refractivity contribution is -0.121. The first kappa shape index (κ1) is 20.4. The monoisotopic (exact) mass is 374 g/mol. The number of anilines is 1. The van der Waals surface area contributed by atoms with Crippen LogP contribution in [0, 0.1) is 6.92 Å². The molecule has 1 aromatic carbocycles. The Kier molecular flexibility index (Phi) is 7.57. The third-order valence-electron chi connectivity index (χ3n) is 4.34. The second-order valence-electron chi connectivity index (χ2n) is 7.08. The number of nitrogens with zero attached hydrogens (tertiary/aromatic N) is 3. The second kappa shape index (κ2) is 9.67. The van der Waals surface area contributed by atoms with Gasteiger partial charge in [0.2, 0.25) is 11.0 Å². The van der Waals surface area contributed by atoms with E-state index in [0.717, 1.165) is 23.8 Å². The molecule has 0 aliphatic rings. The molecule has 2 aromatic rings. The lowest BCUT2D eigenvalue weighted by Crippen LogP contribution is -2.38. The SMILES string of the molecule is CCC(C)N(CCC(=O)NC(C)C)c1nc(Cc2ccc(C)cc2)ns1. The maximum atomic E-state index is 12.0. The molecule has 0 radical (unpaired) electrons. The standard InChI is InChI=1S/C20H30N4OS/c1-6-16(5)24(12-11-19(25)21-14(2)3)20-22-18(23-26-20)13-17-9-7-15(4)8-10-17/h7-10,14,16H,6,11-13H2,1-5H3,(H,21,25). The molecular weight excluding hydrogens is 344 g/mol. The highest BCUT2D eigenvalue weighted by Gasteiger charge is 2.19. The van der Waals surface area contributed by atoms with E-state index in [1.165, 1.54) is 22.7 Å². The Bertz CT molecular complexity index is 696. The summed E-state index contributed by atoms with van der Waals surface area (Å²) in [6.07, 6.45) is 2.20. The van der Waals surface area contributed by atoms with Crippen molar-refractivity contribution in [1.82, 2.24) is 14.7 Å². The van der Waals surface area contributed by atoms with Crippen molar-refractivity contribution in [3.05, 3.63) is 41.2 Å². The summed E-state index contributed by atoms with van der Waals surface area (Å²) in [6.45, 7) is 11.0. The Labute approximate surface area is 161 Å². The Morgan fingerprint density at radius 3 is 2.54 bits per heavy atom. The van der Waals surface area contributed by atoms with Gasteiger partial charge in [0.05, 0.1) is 0 Å². The quantitative estimate of drug-likeness (QED) is 0.722. The summed E-state index contributed by atoms with van der Waals surface area (Å²) in [5.41, 5.74) is 2.47. The van der Waals surface area contributed by atoms with Crippen LogP contribution in [0.25, 0.3) is 0 Å². The normalized spacial score (nSPS) is 12.2. The smallest absolute Gasteiger partial charge is 0.221 e. The van der Waals surface area contributed by atoms with Crippen LogP contribution in [0.2, 0.25) is 0 Å². The van der Waals surface area contributed by atoms with Crippen molar-refractivity contribution >= 4 is 22.6 Å². The fourth-order valence-corrected chi connectivity index (χ4v) is 3.48. The maximum Gasteiger partial charge on any atom is 0.221 e.